The molecule has 35 heavy (non-hydrogen) atoms. The molecule has 1 spiro atoms. The maximum atomic E-state index is 13.6. The van der Waals surface area contributed by atoms with Gasteiger partial charge in [-0.05, 0) is 49.4 Å². The van der Waals surface area contributed by atoms with Gasteiger partial charge in [0.1, 0.15) is 28.9 Å². The highest BCUT2D eigenvalue weighted by molar-refractivity contribution is 6.15. The summed E-state index contributed by atoms with van der Waals surface area (Å²) < 4.78 is 14.5. The average molecular weight is 472 g/mol. The Morgan fingerprint density at radius 1 is 1.03 bits per heavy atom. The number of hydrogen-bond donors (Lipinski definition) is 0. The van der Waals surface area contributed by atoms with Crippen molar-refractivity contribution in [2.24, 2.45) is 19.2 Å². The van der Waals surface area contributed by atoms with E-state index in [-0.39, 0.29) is 6.04 Å². The number of hydrazone groups is 1. The van der Waals surface area contributed by atoms with E-state index in [0.717, 1.165) is 21.7 Å². The second-order valence-electron chi connectivity index (χ2n) is 8.83. The standard InChI is InChI=1S/C26H25N5O4/c1-4-34-19-12-10-17(11-13-19)30-16-26-20(14-15-35-26)31(18-8-6-5-7-9-18)27-22(26)21-23(30)28(2)25(33)29(3)24(21)32/h5-15,20H,4,16H2,1-3H3. The first kappa shape index (κ1) is 21.3. The molecule has 0 fully saturated rings. The van der Waals surface area contributed by atoms with Crippen LogP contribution in [0.25, 0.3) is 0 Å². The van der Waals surface area contributed by atoms with Crippen molar-refractivity contribution in [2.75, 3.05) is 23.1 Å². The van der Waals surface area contributed by atoms with Gasteiger partial charge in [-0.2, -0.15) is 5.10 Å². The van der Waals surface area contributed by atoms with Crippen LogP contribution in [-0.2, 0) is 18.8 Å². The lowest BCUT2D eigenvalue weighted by molar-refractivity contribution is 0.112. The van der Waals surface area contributed by atoms with Crippen molar-refractivity contribution in [1.82, 2.24) is 9.13 Å². The summed E-state index contributed by atoms with van der Waals surface area (Å²) in [6.07, 6.45) is 3.65. The highest BCUT2D eigenvalue weighted by Gasteiger charge is 2.60. The molecule has 2 aromatic carbocycles. The number of ether oxygens (including phenoxy) is 2. The van der Waals surface area contributed by atoms with Crippen molar-refractivity contribution in [3.63, 3.8) is 0 Å². The molecule has 6 rings (SSSR count). The van der Waals surface area contributed by atoms with E-state index >= 15 is 0 Å². The summed E-state index contributed by atoms with van der Waals surface area (Å²) >= 11 is 0. The maximum absolute atomic E-state index is 13.6. The van der Waals surface area contributed by atoms with Gasteiger partial charge < -0.3 is 14.4 Å². The van der Waals surface area contributed by atoms with Crippen LogP contribution in [0.1, 0.15) is 12.5 Å². The smallest absolute Gasteiger partial charge is 0.332 e. The van der Waals surface area contributed by atoms with Crippen LogP contribution >= 0.6 is 0 Å². The summed E-state index contributed by atoms with van der Waals surface area (Å²) in [4.78, 5) is 28.5. The fourth-order valence-electron chi connectivity index (χ4n) is 5.23. The Bertz CT molecular complexity index is 1490. The van der Waals surface area contributed by atoms with Crippen molar-refractivity contribution in [2.45, 2.75) is 18.6 Å². The van der Waals surface area contributed by atoms with Crippen LogP contribution in [-0.4, -0.2) is 39.6 Å². The predicted molar refractivity (Wildman–Crippen MR) is 134 cm³/mol. The van der Waals surface area contributed by atoms with Crippen molar-refractivity contribution < 1.29 is 9.47 Å². The molecule has 2 unspecified atom stereocenters. The lowest BCUT2D eigenvalue weighted by Gasteiger charge is -2.42. The first-order chi connectivity index (χ1) is 17.0. The quantitative estimate of drug-likeness (QED) is 0.582. The van der Waals surface area contributed by atoms with Crippen LogP contribution in [0.3, 0.4) is 0 Å². The van der Waals surface area contributed by atoms with Crippen molar-refractivity contribution in [3.05, 3.63) is 93.3 Å². The molecule has 0 saturated heterocycles. The number of benzene rings is 2. The lowest BCUT2D eigenvalue weighted by atomic mass is 9.83. The van der Waals surface area contributed by atoms with Crippen LogP contribution < -0.4 is 25.9 Å². The minimum atomic E-state index is -0.912. The highest BCUT2D eigenvalue weighted by Crippen LogP contribution is 2.46. The minimum Gasteiger partial charge on any atom is -0.494 e. The molecule has 4 heterocycles. The number of para-hydroxylation sites is 1. The molecule has 3 aromatic rings. The lowest BCUT2D eigenvalue weighted by Crippen LogP contribution is -2.60. The summed E-state index contributed by atoms with van der Waals surface area (Å²) in [6.45, 7) is 2.87. The third-order valence-electron chi connectivity index (χ3n) is 6.89. The second-order valence-corrected chi connectivity index (χ2v) is 8.83. The number of fused-ring (bicyclic) bond motifs is 2. The normalized spacial score (nSPS) is 21.8. The van der Waals surface area contributed by atoms with E-state index in [2.05, 4.69) is 0 Å². The molecule has 9 heteroatoms. The maximum Gasteiger partial charge on any atom is 0.332 e. The van der Waals surface area contributed by atoms with E-state index < -0.39 is 16.9 Å². The SMILES string of the molecule is CCOc1ccc(N2CC34OC=CC3N(c3ccccc3)N=C4c3c2n(C)c(=O)n(C)c3=O)cc1. The van der Waals surface area contributed by atoms with E-state index in [1.807, 2.05) is 77.5 Å². The Balaban J connectivity index is 1.59. The van der Waals surface area contributed by atoms with Crippen LogP contribution in [0.5, 0.6) is 5.75 Å². The fraction of sp³-hybridized carbons (Fsp3) is 0.269. The number of hydrogen-bond acceptors (Lipinski definition) is 7. The second kappa shape index (κ2) is 7.63. The Morgan fingerprint density at radius 2 is 1.77 bits per heavy atom. The zero-order valence-corrected chi connectivity index (χ0v) is 19.7. The van der Waals surface area contributed by atoms with Crippen molar-refractivity contribution in [3.8, 4) is 5.75 Å². The minimum absolute atomic E-state index is 0.250. The largest absolute Gasteiger partial charge is 0.494 e. The van der Waals surface area contributed by atoms with Crippen LogP contribution in [0.2, 0.25) is 0 Å². The fourth-order valence-corrected chi connectivity index (χ4v) is 5.23. The molecule has 2 atom stereocenters. The first-order valence-corrected chi connectivity index (χ1v) is 11.5. The first-order valence-electron chi connectivity index (χ1n) is 11.5. The van der Waals surface area contributed by atoms with E-state index in [4.69, 9.17) is 14.6 Å². The number of anilines is 3. The average Bonchev–Trinajstić information content (AvgIpc) is 3.43. The van der Waals surface area contributed by atoms with Gasteiger partial charge in [0.25, 0.3) is 5.56 Å². The van der Waals surface area contributed by atoms with Crippen molar-refractivity contribution >= 4 is 22.9 Å². The molecule has 178 valence electrons. The monoisotopic (exact) mass is 471 g/mol. The van der Waals surface area contributed by atoms with Gasteiger partial charge in [0, 0.05) is 19.8 Å². The topological polar surface area (TPSA) is 81.3 Å². The third kappa shape index (κ3) is 2.90. The number of aromatic nitrogens is 2. The van der Waals surface area contributed by atoms with Gasteiger partial charge in [-0.15, -0.1) is 0 Å². The molecule has 9 nitrogen and oxygen atoms in total. The molecule has 0 amide bonds. The van der Waals surface area contributed by atoms with E-state index in [1.165, 1.54) is 11.6 Å². The van der Waals surface area contributed by atoms with Gasteiger partial charge >= 0.3 is 5.69 Å². The van der Waals surface area contributed by atoms with Crippen LogP contribution in [0.15, 0.2) is 81.6 Å². The van der Waals surface area contributed by atoms with E-state index in [0.29, 0.717) is 30.2 Å². The van der Waals surface area contributed by atoms with E-state index in [1.54, 1.807) is 13.3 Å². The summed E-state index contributed by atoms with van der Waals surface area (Å²) in [5.74, 6) is 1.25. The molecule has 3 aliphatic heterocycles. The zero-order valence-electron chi connectivity index (χ0n) is 19.7. The van der Waals surface area contributed by atoms with Crippen LogP contribution in [0, 0.1) is 0 Å². The van der Waals surface area contributed by atoms with Gasteiger partial charge in [0.15, 0.2) is 5.60 Å². The molecule has 0 bridgehead atoms. The zero-order chi connectivity index (χ0) is 24.3. The van der Waals surface area contributed by atoms with Gasteiger partial charge in [-0.25, -0.2) is 4.79 Å². The number of rotatable bonds is 4. The Morgan fingerprint density at radius 3 is 2.49 bits per heavy atom. The Kier molecular flexibility index (Phi) is 4.64. The molecule has 0 N–H and O–H groups in total. The summed E-state index contributed by atoms with van der Waals surface area (Å²) in [7, 11) is 3.17. The van der Waals surface area contributed by atoms with Crippen molar-refractivity contribution in [1.29, 1.82) is 0 Å². The summed E-state index contributed by atoms with van der Waals surface area (Å²) in [5, 5.41) is 6.83. The molecule has 0 radical (unpaired) electrons. The predicted octanol–water partition coefficient (Wildman–Crippen LogP) is 2.51. The molecule has 1 aromatic heterocycles. The Labute approximate surface area is 201 Å². The Hall–Kier alpha value is -4.27. The van der Waals surface area contributed by atoms with Gasteiger partial charge in [-0.3, -0.25) is 18.9 Å². The highest BCUT2D eigenvalue weighted by atomic mass is 16.5. The van der Waals surface area contributed by atoms with Crippen LogP contribution in [0.4, 0.5) is 17.2 Å². The molecular formula is C26H25N5O4. The van der Waals surface area contributed by atoms with Gasteiger partial charge in [0.05, 0.1) is 25.1 Å². The summed E-state index contributed by atoms with van der Waals surface area (Å²) in [5.41, 5.74) is 0.891. The molecule has 3 aliphatic rings. The summed E-state index contributed by atoms with van der Waals surface area (Å²) in [6, 6.07) is 17.2. The van der Waals surface area contributed by atoms with Gasteiger partial charge in [-0.1, -0.05) is 18.2 Å². The molecular weight excluding hydrogens is 446 g/mol. The molecule has 0 aliphatic carbocycles. The number of nitrogens with zero attached hydrogens (tertiary/aromatic N) is 5. The van der Waals surface area contributed by atoms with Gasteiger partial charge in [0.2, 0.25) is 0 Å². The van der Waals surface area contributed by atoms with E-state index in [9.17, 15) is 9.59 Å². The molecule has 0 saturated carbocycles. The third-order valence-corrected chi connectivity index (χ3v) is 6.89.